The standard InChI is InChI=1S/C21H20O6.C6H6O2/c1-26-20-11-14(5-9-18(20)24)3-7-16(22)13-17(23)8-4-15-6-10-19(25)21(12-15)27-2;7-5-2-1-3-6(8)4-5/h3-12,24-25H,13H2,1-2H3;1-4,7-8H/b7-3+,8-4+;. The van der Waals surface area contributed by atoms with Gasteiger partial charge < -0.3 is 29.9 Å². The molecule has 8 nitrogen and oxygen atoms in total. The van der Waals surface area contributed by atoms with Crippen LogP contribution in [-0.2, 0) is 9.59 Å². The topological polar surface area (TPSA) is 134 Å². The monoisotopic (exact) mass is 478 g/mol. The molecule has 0 bridgehead atoms. The van der Waals surface area contributed by atoms with Crippen molar-refractivity contribution >= 4 is 23.7 Å². The summed E-state index contributed by atoms with van der Waals surface area (Å²) in [6, 6.07) is 15.2. The molecule has 8 heteroatoms. The van der Waals surface area contributed by atoms with Crippen molar-refractivity contribution in [1.82, 2.24) is 0 Å². The van der Waals surface area contributed by atoms with E-state index in [4.69, 9.17) is 19.7 Å². The Morgan fingerprint density at radius 3 is 1.46 bits per heavy atom. The number of aromatic hydroxyl groups is 4. The Bertz CT molecular complexity index is 1140. The van der Waals surface area contributed by atoms with Gasteiger partial charge in [0, 0.05) is 6.07 Å². The van der Waals surface area contributed by atoms with Crippen LogP contribution < -0.4 is 9.47 Å². The van der Waals surface area contributed by atoms with Crippen LogP contribution in [0.2, 0.25) is 0 Å². The summed E-state index contributed by atoms with van der Waals surface area (Å²) in [6.45, 7) is 0. The number of ether oxygens (including phenoxy) is 2. The van der Waals surface area contributed by atoms with E-state index in [1.807, 2.05) is 0 Å². The van der Waals surface area contributed by atoms with E-state index in [1.165, 1.54) is 56.7 Å². The molecule has 0 aliphatic carbocycles. The molecule has 0 aliphatic heterocycles. The first-order valence-electron chi connectivity index (χ1n) is 10.4. The first-order valence-corrected chi connectivity index (χ1v) is 10.4. The maximum Gasteiger partial charge on any atom is 0.163 e. The quantitative estimate of drug-likeness (QED) is 0.275. The third-order valence-corrected chi connectivity index (χ3v) is 4.51. The van der Waals surface area contributed by atoms with Crippen molar-refractivity contribution in [3.05, 3.63) is 83.9 Å². The highest BCUT2D eigenvalue weighted by Crippen LogP contribution is 2.27. The zero-order valence-corrected chi connectivity index (χ0v) is 19.2. The van der Waals surface area contributed by atoms with Crippen LogP contribution in [0, 0.1) is 0 Å². The molecule has 182 valence electrons. The number of ketones is 2. The highest BCUT2D eigenvalue weighted by atomic mass is 16.5. The fourth-order valence-corrected chi connectivity index (χ4v) is 2.76. The van der Waals surface area contributed by atoms with Gasteiger partial charge in [-0.15, -0.1) is 0 Å². The molecule has 35 heavy (non-hydrogen) atoms. The Hall–Kier alpha value is -4.72. The first-order chi connectivity index (χ1) is 16.7. The summed E-state index contributed by atoms with van der Waals surface area (Å²) in [5.74, 6) is 0.0927. The highest BCUT2D eigenvalue weighted by Gasteiger charge is 2.06. The first kappa shape index (κ1) is 26.5. The van der Waals surface area contributed by atoms with Crippen molar-refractivity contribution < 1.29 is 39.5 Å². The van der Waals surface area contributed by atoms with Gasteiger partial charge in [-0.25, -0.2) is 0 Å². The lowest BCUT2D eigenvalue weighted by Gasteiger charge is -2.03. The van der Waals surface area contributed by atoms with E-state index in [9.17, 15) is 19.8 Å². The lowest BCUT2D eigenvalue weighted by atomic mass is 10.1. The van der Waals surface area contributed by atoms with Gasteiger partial charge in [-0.2, -0.15) is 0 Å². The third-order valence-electron chi connectivity index (χ3n) is 4.51. The summed E-state index contributed by atoms with van der Waals surface area (Å²) in [4.78, 5) is 23.9. The van der Waals surface area contributed by atoms with Crippen molar-refractivity contribution in [3.8, 4) is 34.5 Å². The van der Waals surface area contributed by atoms with Crippen LogP contribution in [0.5, 0.6) is 34.5 Å². The zero-order chi connectivity index (χ0) is 25.8. The van der Waals surface area contributed by atoms with E-state index in [1.54, 1.807) is 42.5 Å². The van der Waals surface area contributed by atoms with Crippen molar-refractivity contribution in [1.29, 1.82) is 0 Å². The number of carbonyl (C=O) groups is 2. The van der Waals surface area contributed by atoms with Gasteiger partial charge in [-0.3, -0.25) is 9.59 Å². The molecule has 0 aromatic heterocycles. The minimum Gasteiger partial charge on any atom is -0.508 e. The number of allylic oxidation sites excluding steroid dienone is 2. The van der Waals surface area contributed by atoms with Gasteiger partial charge in [0.2, 0.25) is 0 Å². The number of hydrogen-bond donors (Lipinski definition) is 4. The van der Waals surface area contributed by atoms with Crippen LogP contribution in [-0.4, -0.2) is 46.2 Å². The molecule has 0 atom stereocenters. The molecule has 0 saturated heterocycles. The molecular weight excluding hydrogens is 452 g/mol. The smallest absolute Gasteiger partial charge is 0.163 e. The fourth-order valence-electron chi connectivity index (χ4n) is 2.76. The number of carbonyl (C=O) groups excluding carboxylic acids is 2. The van der Waals surface area contributed by atoms with Crippen molar-refractivity contribution in [2.75, 3.05) is 14.2 Å². The summed E-state index contributed by atoms with van der Waals surface area (Å²) in [6.07, 6.45) is 5.44. The SMILES string of the molecule is COc1cc(/C=C/C(=O)CC(=O)/C=C/c2ccc(O)c(OC)c2)ccc1O.Oc1cccc(O)c1. The molecule has 3 aromatic carbocycles. The Kier molecular flexibility index (Phi) is 9.93. The molecule has 0 saturated carbocycles. The number of hydrogen-bond acceptors (Lipinski definition) is 8. The van der Waals surface area contributed by atoms with Crippen LogP contribution in [0.25, 0.3) is 12.2 Å². The average molecular weight is 478 g/mol. The summed E-state index contributed by atoms with van der Waals surface area (Å²) >= 11 is 0. The number of rotatable bonds is 8. The van der Waals surface area contributed by atoms with E-state index >= 15 is 0 Å². The molecule has 0 unspecified atom stereocenters. The van der Waals surface area contributed by atoms with Gasteiger partial charge in [0.05, 0.1) is 20.6 Å². The fraction of sp³-hybridized carbons (Fsp3) is 0.111. The van der Waals surface area contributed by atoms with Gasteiger partial charge in [0.15, 0.2) is 34.6 Å². The highest BCUT2D eigenvalue weighted by molar-refractivity contribution is 6.10. The molecule has 0 fully saturated rings. The summed E-state index contributed by atoms with van der Waals surface area (Å²) in [5, 5.41) is 36.4. The van der Waals surface area contributed by atoms with Crippen LogP contribution >= 0.6 is 0 Å². The maximum atomic E-state index is 11.9. The van der Waals surface area contributed by atoms with Crippen LogP contribution in [0.1, 0.15) is 17.5 Å². The predicted molar refractivity (Wildman–Crippen MR) is 132 cm³/mol. The second-order valence-electron chi connectivity index (χ2n) is 7.16. The molecule has 0 radical (unpaired) electrons. The van der Waals surface area contributed by atoms with Crippen molar-refractivity contribution in [2.24, 2.45) is 0 Å². The molecule has 3 rings (SSSR count). The minimum absolute atomic E-state index is 0.00662. The second kappa shape index (κ2) is 13.1. The summed E-state index contributed by atoms with van der Waals surface area (Å²) in [5.41, 5.74) is 1.33. The number of phenols is 4. The summed E-state index contributed by atoms with van der Waals surface area (Å²) in [7, 11) is 2.87. The maximum absolute atomic E-state index is 11.9. The molecular formula is C27H26O8. The molecule has 4 N–H and O–H groups in total. The van der Waals surface area contributed by atoms with Gasteiger partial charge >= 0.3 is 0 Å². The van der Waals surface area contributed by atoms with E-state index in [2.05, 4.69) is 0 Å². The Morgan fingerprint density at radius 2 is 1.11 bits per heavy atom. The Balaban J connectivity index is 0.000000456. The van der Waals surface area contributed by atoms with Gasteiger partial charge in [-0.1, -0.05) is 30.4 Å². The number of methoxy groups -OCH3 is 2. The van der Waals surface area contributed by atoms with Gasteiger partial charge in [0.1, 0.15) is 11.5 Å². The normalized spacial score (nSPS) is 10.6. The molecule has 0 spiro atoms. The largest absolute Gasteiger partial charge is 0.508 e. The molecule has 3 aromatic rings. The van der Waals surface area contributed by atoms with Gasteiger partial charge in [-0.05, 0) is 59.7 Å². The summed E-state index contributed by atoms with van der Waals surface area (Å²) < 4.78 is 10.00. The third kappa shape index (κ3) is 8.97. The Morgan fingerprint density at radius 1 is 0.686 bits per heavy atom. The van der Waals surface area contributed by atoms with E-state index in [0.29, 0.717) is 22.6 Å². The van der Waals surface area contributed by atoms with Crippen LogP contribution in [0.4, 0.5) is 0 Å². The second-order valence-corrected chi connectivity index (χ2v) is 7.16. The predicted octanol–water partition coefficient (Wildman–Crippen LogP) is 4.47. The molecule has 0 amide bonds. The zero-order valence-electron chi connectivity index (χ0n) is 19.2. The molecule has 0 heterocycles. The van der Waals surface area contributed by atoms with E-state index in [0.717, 1.165) is 0 Å². The van der Waals surface area contributed by atoms with Crippen LogP contribution in [0.3, 0.4) is 0 Å². The number of phenolic OH excluding ortho intramolecular Hbond substituents is 4. The van der Waals surface area contributed by atoms with Gasteiger partial charge in [0.25, 0.3) is 0 Å². The lowest BCUT2D eigenvalue weighted by Crippen LogP contribution is -2.01. The van der Waals surface area contributed by atoms with Crippen molar-refractivity contribution in [2.45, 2.75) is 6.42 Å². The molecule has 0 aliphatic rings. The van der Waals surface area contributed by atoms with E-state index in [-0.39, 0.29) is 41.0 Å². The van der Waals surface area contributed by atoms with Crippen LogP contribution in [0.15, 0.2) is 72.8 Å². The minimum atomic E-state index is -0.347. The lowest BCUT2D eigenvalue weighted by molar-refractivity contribution is -0.121. The Labute approximate surface area is 202 Å². The van der Waals surface area contributed by atoms with Crippen molar-refractivity contribution in [3.63, 3.8) is 0 Å². The van der Waals surface area contributed by atoms with E-state index < -0.39 is 0 Å². The average Bonchev–Trinajstić information content (AvgIpc) is 2.83. The number of benzene rings is 3.